The standard InChI is InChI=1S/C11H21N3OS2/c1-3-6-12-9(5-7-15)8-16-11-13-10(4-2)14-17-11/h9,12,15H,3-8H2,1-2H3. The van der Waals surface area contributed by atoms with E-state index in [1.807, 2.05) is 0 Å². The van der Waals surface area contributed by atoms with Crippen molar-refractivity contribution in [2.24, 2.45) is 0 Å². The minimum Gasteiger partial charge on any atom is -0.396 e. The molecule has 0 amide bonds. The van der Waals surface area contributed by atoms with Gasteiger partial charge in [0.15, 0.2) is 4.34 Å². The number of aryl methyl sites for hydroxylation is 1. The highest BCUT2D eigenvalue weighted by molar-refractivity contribution is 8.00. The monoisotopic (exact) mass is 275 g/mol. The molecule has 2 N–H and O–H groups in total. The maximum absolute atomic E-state index is 9.00. The first-order chi connectivity index (χ1) is 8.30. The van der Waals surface area contributed by atoms with Gasteiger partial charge in [-0.15, -0.1) is 0 Å². The molecule has 6 heteroatoms. The quantitative estimate of drug-likeness (QED) is 0.675. The number of aliphatic hydroxyl groups excluding tert-OH is 1. The Bertz CT molecular complexity index is 307. The Balaban J connectivity index is 2.34. The molecule has 1 heterocycles. The fourth-order valence-corrected chi connectivity index (χ4v) is 3.19. The van der Waals surface area contributed by atoms with E-state index in [1.54, 1.807) is 11.8 Å². The van der Waals surface area contributed by atoms with Crippen molar-refractivity contribution in [3.8, 4) is 0 Å². The number of hydrogen-bond donors (Lipinski definition) is 2. The average molecular weight is 275 g/mol. The summed E-state index contributed by atoms with van der Waals surface area (Å²) >= 11 is 3.20. The van der Waals surface area contributed by atoms with Crippen LogP contribution in [0.25, 0.3) is 0 Å². The van der Waals surface area contributed by atoms with Crippen molar-refractivity contribution in [2.45, 2.75) is 43.5 Å². The molecule has 0 aliphatic heterocycles. The number of nitrogens with zero attached hydrogens (tertiary/aromatic N) is 2. The summed E-state index contributed by atoms with van der Waals surface area (Å²) in [6.07, 6.45) is 2.81. The summed E-state index contributed by atoms with van der Waals surface area (Å²) in [5, 5.41) is 12.4. The molecule has 1 unspecified atom stereocenters. The van der Waals surface area contributed by atoms with Crippen LogP contribution in [0.1, 0.15) is 32.5 Å². The van der Waals surface area contributed by atoms with Gasteiger partial charge in [0.05, 0.1) is 0 Å². The molecule has 0 aliphatic rings. The molecule has 0 bridgehead atoms. The van der Waals surface area contributed by atoms with Crippen LogP contribution in [0.2, 0.25) is 0 Å². The van der Waals surface area contributed by atoms with Crippen LogP contribution >= 0.6 is 23.3 Å². The molecule has 98 valence electrons. The second-order valence-electron chi connectivity index (χ2n) is 3.80. The molecule has 17 heavy (non-hydrogen) atoms. The van der Waals surface area contributed by atoms with Crippen molar-refractivity contribution in [3.05, 3.63) is 5.82 Å². The summed E-state index contributed by atoms with van der Waals surface area (Å²) in [7, 11) is 0. The van der Waals surface area contributed by atoms with Crippen LogP contribution in [-0.4, -0.2) is 39.4 Å². The van der Waals surface area contributed by atoms with Gasteiger partial charge in [-0.25, -0.2) is 4.98 Å². The van der Waals surface area contributed by atoms with Crippen LogP contribution in [0.5, 0.6) is 0 Å². The van der Waals surface area contributed by atoms with Gasteiger partial charge >= 0.3 is 0 Å². The topological polar surface area (TPSA) is 58.0 Å². The van der Waals surface area contributed by atoms with Crippen LogP contribution in [0, 0.1) is 0 Å². The minimum absolute atomic E-state index is 0.234. The molecule has 1 aromatic heterocycles. The van der Waals surface area contributed by atoms with E-state index in [9.17, 15) is 0 Å². The fourth-order valence-electron chi connectivity index (χ4n) is 1.36. The normalized spacial score (nSPS) is 12.9. The van der Waals surface area contributed by atoms with Gasteiger partial charge in [-0.3, -0.25) is 0 Å². The summed E-state index contributed by atoms with van der Waals surface area (Å²) in [5.41, 5.74) is 0. The Morgan fingerprint density at radius 3 is 2.88 bits per heavy atom. The molecule has 0 spiro atoms. The Morgan fingerprint density at radius 1 is 1.47 bits per heavy atom. The summed E-state index contributed by atoms with van der Waals surface area (Å²) in [6.45, 7) is 5.45. The van der Waals surface area contributed by atoms with Gasteiger partial charge in [-0.2, -0.15) is 4.37 Å². The number of hydrogen-bond acceptors (Lipinski definition) is 6. The number of nitrogens with one attached hydrogen (secondary N) is 1. The van der Waals surface area contributed by atoms with Crippen LogP contribution < -0.4 is 5.32 Å². The lowest BCUT2D eigenvalue weighted by Crippen LogP contribution is -2.32. The first-order valence-corrected chi connectivity index (χ1v) is 7.85. The molecule has 0 radical (unpaired) electrons. The highest BCUT2D eigenvalue weighted by atomic mass is 32.2. The van der Waals surface area contributed by atoms with Gasteiger partial charge < -0.3 is 10.4 Å². The number of thioether (sulfide) groups is 1. The smallest absolute Gasteiger partial charge is 0.170 e. The van der Waals surface area contributed by atoms with Gasteiger partial charge in [0.25, 0.3) is 0 Å². The molecule has 0 aliphatic carbocycles. The maximum atomic E-state index is 9.00. The summed E-state index contributed by atoms with van der Waals surface area (Å²) in [4.78, 5) is 4.42. The van der Waals surface area contributed by atoms with E-state index in [2.05, 4.69) is 28.5 Å². The van der Waals surface area contributed by atoms with E-state index >= 15 is 0 Å². The Labute approximate surface area is 111 Å². The number of aromatic nitrogens is 2. The van der Waals surface area contributed by atoms with E-state index in [-0.39, 0.29) is 6.61 Å². The molecule has 0 fully saturated rings. The molecule has 1 aromatic rings. The predicted octanol–water partition coefficient (Wildman–Crippen LogP) is 1.94. The molecular weight excluding hydrogens is 254 g/mol. The highest BCUT2D eigenvalue weighted by Crippen LogP contribution is 2.21. The zero-order valence-electron chi connectivity index (χ0n) is 10.5. The first kappa shape index (κ1) is 14.9. The third-order valence-electron chi connectivity index (χ3n) is 2.33. The first-order valence-electron chi connectivity index (χ1n) is 6.09. The zero-order valence-corrected chi connectivity index (χ0v) is 12.1. The van der Waals surface area contributed by atoms with Gasteiger partial charge in [0, 0.05) is 24.8 Å². The SMILES string of the molecule is CCCNC(CCO)CSc1nc(CC)ns1. The average Bonchev–Trinajstić information content (AvgIpc) is 2.80. The van der Waals surface area contributed by atoms with Gasteiger partial charge in [0.2, 0.25) is 0 Å². The van der Waals surface area contributed by atoms with Crippen molar-refractivity contribution < 1.29 is 5.11 Å². The zero-order chi connectivity index (χ0) is 12.5. The summed E-state index contributed by atoms with van der Waals surface area (Å²) in [5.74, 6) is 1.87. The van der Waals surface area contributed by atoms with Crippen molar-refractivity contribution >= 4 is 23.3 Å². The summed E-state index contributed by atoms with van der Waals surface area (Å²) < 4.78 is 5.29. The highest BCUT2D eigenvalue weighted by Gasteiger charge is 2.10. The largest absolute Gasteiger partial charge is 0.396 e. The lowest BCUT2D eigenvalue weighted by Gasteiger charge is -2.15. The third-order valence-corrected chi connectivity index (χ3v) is 4.37. The van der Waals surface area contributed by atoms with E-state index < -0.39 is 0 Å². The number of aliphatic hydroxyl groups is 1. The summed E-state index contributed by atoms with van der Waals surface area (Å²) in [6, 6.07) is 0.360. The van der Waals surface area contributed by atoms with Crippen LogP contribution in [0.4, 0.5) is 0 Å². The third kappa shape index (κ3) is 5.81. The Hall–Kier alpha value is -0.170. The van der Waals surface area contributed by atoms with E-state index in [0.29, 0.717) is 6.04 Å². The van der Waals surface area contributed by atoms with Crippen molar-refractivity contribution in [1.82, 2.24) is 14.7 Å². The second kappa shape index (κ2) is 8.85. The van der Waals surface area contributed by atoms with Crippen molar-refractivity contribution in [3.63, 3.8) is 0 Å². The maximum Gasteiger partial charge on any atom is 0.170 e. The van der Waals surface area contributed by atoms with Gasteiger partial charge in [-0.05, 0) is 30.9 Å². The van der Waals surface area contributed by atoms with Crippen LogP contribution in [0.15, 0.2) is 4.34 Å². The Morgan fingerprint density at radius 2 is 2.29 bits per heavy atom. The van der Waals surface area contributed by atoms with Crippen molar-refractivity contribution in [2.75, 3.05) is 18.9 Å². The van der Waals surface area contributed by atoms with Crippen LogP contribution in [0.3, 0.4) is 0 Å². The molecule has 0 saturated carbocycles. The van der Waals surface area contributed by atoms with Crippen LogP contribution in [-0.2, 0) is 6.42 Å². The minimum atomic E-state index is 0.234. The lowest BCUT2D eigenvalue weighted by atomic mass is 10.2. The molecular formula is C11H21N3OS2. The lowest BCUT2D eigenvalue weighted by molar-refractivity contribution is 0.270. The fraction of sp³-hybridized carbons (Fsp3) is 0.818. The molecule has 4 nitrogen and oxygen atoms in total. The second-order valence-corrected chi connectivity index (χ2v) is 5.82. The molecule has 1 rings (SSSR count). The van der Waals surface area contributed by atoms with E-state index in [0.717, 1.165) is 41.7 Å². The van der Waals surface area contributed by atoms with Crippen molar-refractivity contribution in [1.29, 1.82) is 0 Å². The molecule has 0 aromatic carbocycles. The Kier molecular flexibility index (Phi) is 7.75. The van der Waals surface area contributed by atoms with E-state index in [4.69, 9.17) is 5.11 Å². The van der Waals surface area contributed by atoms with Gasteiger partial charge in [0.1, 0.15) is 5.82 Å². The number of rotatable bonds is 9. The van der Waals surface area contributed by atoms with Gasteiger partial charge in [-0.1, -0.05) is 25.6 Å². The predicted molar refractivity (Wildman–Crippen MR) is 73.8 cm³/mol. The van der Waals surface area contributed by atoms with E-state index in [1.165, 1.54) is 11.5 Å². The molecule has 1 atom stereocenters. The molecule has 0 saturated heterocycles.